The molecule has 0 aliphatic rings. The number of anilines is 1. The molecule has 0 aromatic heterocycles. The molecular weight excluding hydrogens is 576 g/mol. The van der Waals surface area contributed by atoms with Crippen molar-refractivity contribution >= 4 is 50.7 Å². The van der Waals surface area contributed by atoms with Gasteiger partial charge < -0.3 is 10.2 Å². The fourth-order valence-corrected chi connectivity index (χ4v) is 5.96. The van der Waals surface area contributed by atoms with Gasteiger partial charge in [0.1, 0.15) is 18.4 Å². The van der Waals surface area contributed by atoms with Gasteiger partial charge in [-0.05, 0) is 61.7 Å². The summed E-state index contributed by atoms with van der Waals surface area (Å²) in [7, 11) is -4.28. The highest BCUT2D eigenvalue weighted by molar-refractivity contribution is 7.92. The Hall–Kier alpha value is -3.14. The van der Waals surface area contributed by atoms with Crippen molar-refractivity contribution < 1.29 is 22.4 Å². The topological polar surface area (TPSA) is 86.8 Å². The molecule has 11 heteroatoms. The Balaban J connectivity index is 2.08. The van der Waals surface area contributed by atoms with E-state index in [0.29, 0.717) is 12.0 Å². The van der Waals surface area contributed by atoms with Crippen LogP contribution in [0.15, 0.2) is 77.7 Å². The zero-order valence-electron chi connectivity index (χ0n) is 22.5. The lowest BCUT2D eigenvalue weighted by molar-refractivity contribution is -0.140. The minimum absolute atomic E-state index is 0.0187. The number of carbonyl (C=O) groups excluding carboxylic acids is 2. The quantitative estimate of drug-likeness (QED) is 0.271. The maximum Gasteiger partial charge on any atom is 0.264 e. The van der Waals surface area contributed by atoms with E-state index in [-0.39, 0.29) is 45.5 Å². The summed E-state index contributed by atoms with van der Waals surface area (Å²) >= 11 is 12.7. The Morgan fingerprint density at radius 3 is 2.17 bits per heavy atom. The number of nitrogens with zero attached hydrogens (tertiary/aromatic N) is 2. The van der Waals surface area contributed by atoms with Crippen LogP contribution in [0.4, 0.5) is 10.1 Å². The van der Waals surface area contributed by atoms with Crippen LogP contribution in [0, 0.1) is 5.82 Å². The molecule has 40 heavy (non-hydrogen) atoms. The number of hydrogen-bond donors (Lipinski definition) is 1. The molecule has 7 nitrogen and oxygen atoms in total. The van der Waals surface area contributed by atoms with E-state index in [1.807, 2.05) is 13.8 Å². The van der Waals surface area contributed by atoms with Gasteiger partial charge in [0.15, 0.2) is 0 Å². The summed E-state index contributed by atoms with van der Waals surface area (Å²) in [6.45, 7) is 4.83. The first kappa shape index (κ1) is 31.4. The van der Waals surface area contributed by atoms with Crippen molar-refractivity contribution in [3.8, 4) is 0 Å². The van der Waals surface area contributed by atoms with Gasteiger partial charge in [0.2, 0.25) is 11.8 Å². The predicted octanol–water partition coefficient (Wildman–Crippen LogP) is 6.05. The molecule has 0 fully saturated rings. The van der Waals surface area contributed by atoms with Crippen LogP contribution in [0.5, 0.6) is 0 Å². The minimum Gasteiger partial charge on any atom is -0.352 e. The maximum absolute atomic E-state index is 14.0. The molecule has 2 unspecified atom stereocenters. The molecule has 0 bridgehead atoms. The third-order valence-corrected chi connectivity index (χ3v) is 9.05. The number of carbonyl (C=O) groups is 2. The summed E-state index contributed by atoms with van der Waals surface area (Å²) in [5.41, 5.74) is 0.591. The van der Waals surface area contributed by atoms with Crippen LogP contribution in [0.3, 0.4) is 0 Å². The predicted molar refractivity (Wildman–Crippen MR) is 156 cm³/mol. The van der Waals surface area contributed by atoms with Crippen LogP contribution in [-0.2, 0) is 26.2 Å². The monoisotopic (exact) mass is 607 g/mol. The average molecular weight is 609 g/mol. The Bertz CT molecular complexity index is 1420. The molecule has 2 amide bonds. The van der Waals surface area contributed by atoms with E-state index in [1.165, 1.54) is 59.5 Å². The first-order valence-corrected chi connectivity index (χ1v) is 15.0. The summed E-state index contributed by atoms with van der Waals surface area (Å²) in [5.74, 6) is -1.46. The second kappa shape index (κ2) is 14.0. The molecular formula is C29H32Cl2FN3O4S. The van der Waals surface area contributed by atoms with E-state index in [2.05, 4.69) is 5.32 Å². The fourth-order valence-electron chi connectivity index (χ4n) is 4.07. The van der Waals surface area contributed by atoms with Gasteiger partial charge in [-0.3, -0.25) is 13.9 Å². The SMILES string of the molecule is CCC(C)NC(=O)C(CC)N(Cc1ccc(F)cc1)C(=O)CN(c1cccc(Cl)c1Cl)S(=O)(=O)c1ccccc1. The summed E-state index contributed by atoms with van der Waals surface area (Å²) in [6.07, 6.45) is 0.947. The number of hydrogen-bond acceptors (Lipinski definition) is 4. The highest BCUT2D eigenvalue weighted by Gasteiger charge is 2.34. The van der Waals surface area contributed by atoms with Crippen molar-refractivity contribution in [2.75, 3.05) is 10.8 Å². The molecule has 0 spiro atoms. The highest BCUT2D eigenvalue weighted by Crippen LogP contribution is 2.35. The molecule has 3 aromatic rings. The number of amides is 2. The van der Waals surface area contributed by atoms with Crippen molar-refractivity contribution in [2.24, 2.45) is 0 Å². The number of halogens is 3. The van der Waals surface area contributed by atoms with Gasteiger partial charge in [-0.2, -0.15) is 0 Å². The zero-order chi connectivity index (χ0) is 29.4. The van der Waals surface area contributed by atoms with Crippen molar-refractivity contribution in [2.45, 2.75) is 57.1 Å². The molecule has 3 aromatic carbocycles. The fraction of sp³-hybridized carbons (Fsp3) is 0.310. The Labute approximate surface area is 244 Å². The summed E-state index contributed by atoms with van der Waals surface area (Å²) in [6, 6.07) is 16.6. The van der Waals surface area contributed by atoms with Crippen LogP contribution < -0.4 is 9.62 Å². The lowest BCUT2D eigenvalue weighted by Gasteiger charge is -2.34. The van der Waals surface area contributed by atoms with Crippen LogP contribution >= 0.6 is 23.2 Å². The van der Waals surface area contributed by atoms with Gasteiger partial charge in [0, 0.05) is 12.6 Å². The van der Waals surface area contributed by atoms with E-state index in [1.54, 1.807) is 25.1 Å². The van der Waals surface area contributed by atoms with Crippen molar-refractivity contribution in [1.82, 2.24) is 10.2 Å². The molecule has 0 saturated carbocycles. The molecule has 0 aliphatic heterocycles. The Morgan fingerprint density at radius 2 is 1.57 bits per heavy atom. The van der Waals surface area contributed by atoms with E-state index < -0.39 is 34.3 Å². The first-order valence-electron chi connectivity index (χ1n) is 12.9. The standard InChI is InChI=1S/C29H32Cl2FN3O4S/c1-4-20(3)33-29(37)25(5-2)34(18-21-14-16-22(32)17-15-21)27(36)19-35(26-13-9-12-24(30)28(26)31)40(38,39)23-10-7-6-8-11-23/h6-17,20,25H,4-5,18-19H2,1-3H3,(H,33,37). The Morgan fingerprint density at radius 1 is 0.925 bits per heavy atom. The Kier molecular flexibility index (Phi) is 11.0. The van der Waals surface area contributed by atoms with Gasteiger partial charge in [-0.25, -0.2) is 12.8 Å². The number of nitrogens with one attached hydrogen (secondary N) is 1. The van der Waals surface area contributed by atoms with Gasteiger partial charge in [-0.1, -0.05) is 73.4 Å². The number of sulfonamides is 1. The lowest BCUT2D eigenvalue weighted by Crippen LogP contribution is -2.53. The maximum atomic E-state index is 14.0. The van der Waals surface area contributed by atoms with Crippen molar-refractivity contribution in [3.63, 3.8) is 0 Å². The number of rotatable bonds is 12. The summed E-state index contributed by atoms with van der Waals surface area (Å²) in [4.78, 5) is 28.6. The second-order valence-electron chi connectivity index (χ2n) is 9.29. The highest BCUT2D eigenvalue weighted by atomic mass is 35.5. The molecule has 214 valence electrons. The third kappa shape index (κ3) is 7.53. The normalized spacial score (nSPS) is 12.8. The van der Waals surface area contributed by atoms with Crippen molar-refractivity contribution in [3.05, 3.63) is 94.2 Å². The molecule has 0 aliphatic carbocycles. The largest absolute Gasteiger partial charge is 0.352 e. The third-order valence-electron chi connectivity index (χ3n) is 6.46. The lowest BCUT2D eigenvalue weighted by atomic mass is 10.1. The average Bonchev–Trinajstić information content (AvgIpc) is 2.94. The molecule has 2 atom stereocenters. The smallest absolute Gasteiger partial charge is 0.264 e. The minimum atomic E-state index is -4.28. The second-order valence-corrected chi connectivity index (χ2v) is 11.9. The van der Waals surface area contributed by atoms with Crippen LogP contribution in [0.2, 0.25) is 10.0 Å². The van der Waals surface area contributed by atoms with E-state index >= 15 is 0 Å². The van der Waals surface area contributed by atoms with Gasteiger partial charge >= 0.3 is 0 Å². The molecule has 1 N–H and O–H groups in total. The molecule has 0 saturated heterocycles. The number of benzene rings is 3. The van der Waals surface area contributed by atoms with Gasteiger partial charge in [0.25, 0.3) is 10.0 Å². The van der Waals surface area contributed by atoms with Crippen LogP contribution in [0.25, 0.3) is 0 Å². The molecule has 0 heterocycles. The molecule has 3 rings (SSSR count). The van der Waals surface area contributed by atoms with Crippen LogP contribution in [0.1, 0.15) is 39.2 Å². The van der Waals surface area contributed by atoms with Crippen molar-refractivity contribution in [1.29, 1.82) is 0 Å². The van der Waals surface area contributed by atoms with Crippen LogP contribution in [-0.4, -0.2) is 43.8 Å². The molecule has 0 radical (unpaired) electrons. The summed E-state index contributed by atoms with van der Waals surface area (Å²) in [5, 5.41) is 2.98. The van der Waals surface area contributed by atoms with E-state index in [9.17, 15) is 22.4 Å². The van der Waals surface area contributed by atoms with Gasteiger partial charge in [0.05, 0.1) is 20.6 Å². The zero-order valence-corrected chi connectivity index (χ0v) is 24.8. The first-order chi connectivity index (χ1) is 19.0. The van der Waals surface area contributed by atoms with E-state index in [0.717, 1.165) is 4.31 Å². The van der Waals surface area contributed by atoms with Gasteiger partial charge in [-0.15, -0.1) is 0 Å². The van der Waals surface area contributed by atoms with E-state index in [4.69, 9.17) is 23.2 Å². The summed E-state index contributed by atoms with van der Waals surface area (Å²) < 4.78 is 42.2.